The number of nitrogens with zero attached hydrogens (tertiary/aromatic N) is 4. The van der Waals surface area contributed by atoms with Gasteiger partial charge < -0.3 is 18.9 Å². The van der Waals surface area contributed by atoms with Gasteiger partial charge in [-0.05, 0) is 6.92 Å². The Morgan fingerprint density at radius 3 is 2.77 bits per heavy atom. The SMILES string of the molecule is COc1nccnc1N1C[C@@H](Cc2cc(C)no2)[C@@H](OC)C1. The molecule has 0 unspecified atom stereocenters. The lowest BCUT2D eigenvalue weighted by Gasteiger charge is -2.18. The highest BCUT2D eigenvalue weighted by Crippen LogP contribution is 2.31. The van der Waals surface area contributed by atoms with Crippen molar-refractivity contribution in [3.63, 3.8) is 0 Å². The van der Waals surface area contributed by atoms with Crippen molar-refractivity contribution in [3.05, 3.63) is 29.9 Å². The Kier molecular flexibility index (Phi) is 4.24. The van der Waals surface area contributed by atoms with Crippen LogP contribution in [0.25, 0.3) is 0 Å². The maximum absolute atomic E-state index is 5.64. The van der Waals surface area contributed by atoms with Gasteiger partial charge in [0.25, 0.3) is 5.88 Å². The lowest BCUT2D eigenvalue weighted by Crippen LogP contribution is -2.24. The average Bonchev–Trinajstić information content (AvgIpc) is 3.13. The van der Waals surface area contributed by atoms with Gasteiger partial charge in [0, 0.05) is 51.0 Å². The number of aryl methyl sites for hydroxylation is 1. The van der Waals surface area contributed by atoms with Gasteiger partial charge in [-0.3, -0.25) is 0 Å². The molecule has 0 aliphatic carbocycles. The molecular weight excluding hydrogens is 284 g/mol. The van der Waals surface area contributed by atoms with E-state index in [9.17, 15) is 0 Å². The van der Waals surface area contributed by atoms with Crippen LogP contribution < -0.4 is 9.64 Å². The minimum absolute atomic E-state index is 0.108. The highest BCUT2D eigenvalue weighted by Gasteiger charge is 2.35. The van der Waals surface area contributed by atoms with Crippen molar-refractivity contribution in [3.8, 4) is 5.88 Å². The van der Waals surface area contributed by atoms with Gasteiger partial charge in [0.2, 0.25) is 0 Å². The van der Waals surface area contributed by atoms with Crippen LogP contribution in [0.2, 0.25) is 0 Å². The average molecular weight is 304 g/mol. The Balaban J connectivity index is 1.76. The molecular formula is C15H20N4O3. The third kappa shape index (κ3) is 2.89. The molecule has 1 aliphatic heterocycles. The second-order valence-electron chi connectivity index (χ2n) is 5.47. The fraction of sp³-hybridized carbons (Fsp3) is 0.533. The molecule has 3 heterocycles. The van der Waals surface area contributed by atoms with Crippen molar-refractivity contribution >= 4 is 5.82 Å². The minimum Gasteiger partial charge on any atom is -0.478 e. The van der Waals surface area contributed by atoms with Gasteiger partial charge in [-0.1, -0.05) is 5.16 Å². The van der Waals surface area contributed by atoms with Crippen molar-refractivity contribution in [2.75, 3.05) is 32.2 Å². The molecule has 1 saturated heterocycles. The fourth-order valence-electron chi connectivity index (χ4n) is 2.93. The number of aromatic nitrogens is 3. The van der Waals surface area contributed by atoms with Crippen molar-refractivity contribution in [1.29, 1.82) is 0 Å². The molecule has 0 aromatic carbocycles. The van der Waals surface area contributed by atoms with Crippen LogP contribution in [-0.2, 0) is 11.2 Å². The zero-order chi connectivity index (χ0) is 15.5. The molecule has 22 heavy (non-hydrogen) atoms. The van der Waals surface area contributed by atoms with Crippen LogP contribution in [0.1, 0.15) is 11.5 Å². The molecule has 118 valence electrons. The first kappa shape index (κ1) is 14.8. The van der Waals surface area contributed by atoms with Gasteiger partial charge in [0.1, 0.15) is 5.76 Å². The van der Waals surface area contributed by atoms with Crippen LogP contribution in [-0.4, -0.2) is 48.5 Å². The summed E-state index contributed by atoms with van der Waals surface area (Å²) in [7, 11) is 3.34. The van der Waals surface area contributed by atoms with E-state index in [2.05, 4.69) is 20.0 Å². The monoisotopic (exact) mass is 304 g/mol. The van der Waals surface area contributed by atoms with Crippen molar-refractivity contribution in [1.82, 2.24) is 15.1 Å². The number of rotatable bonds is 5. The number of hydrogen-bond acceptors (Lipinski definition) is 7. The predicted octanol–water partition coefficient (Wildman–Crippen LogP) is 1.48. The molecule has 2 aromatic heterocycles. The molecule has 7 heteroatoms. The van der Waals surface area contributed by atoms with Crippen LogP contribution in [0.15, 0.2) is 23.0 Å². The van der Waals surface area contributed by atoms with Crippen LogP contribution in [0.3, 0.4) is 0 Å². The molecule has 0 spiro atoms. The van der Waals surface area contributed by atoms with Crippen LogP contribution in [0.5, 0.6) is 5.88 Å². The lowest BCUT2D eigenvalue weighted by atomic mass is 10.0. The van der Waals surface area contributed by atoms with E-state index in [4.69, 9.17) is 14.0 Å². The largest absolute Gasteiger partial charge is 0.478 e. The quantitative estimate of drug-likeness (QED) is 0.828. The number of hydrogen-bond donors (Lipinski definition) is 0. The van der Waals surface area contributed by atoms with E-state index in [1.807, 2.05) is 13.0 Å². The first-order chi connectivity index (χ1) is 10.7. The second-order valence-corrected chi connectivity index (χ2v) is 5.47. The van der Waals surface area contributed by atoms with Crippen LogP contribution in [0, 0.1) is 12.8 Å². The Bertz CT molecular complexity index is 631. The second kappa shape index (κ2) is 6.31. The number of anilines is 1. The summed E-state index contributed by atoms with van der Waals surface area (Å²) in [6.07, 6.45) is 4.20. The first-order valence-electron chi connectivity index (χ1n) is 7.26. The summed E-state index contributed by atoms with van der Waals surface area (Å²) in [5, 5.41) is 3.94. The Labute approximate surface area is 129 Å². The van der Waals surface area contributed by atoms with E-state index in [0.29, 0.717) is 11.8 Å². The molecule has 0 saturated carbocycles. The van der Waals surface area contributed by atoms with Gasteiger partial charge in [0.05, 0.1) is 18.9 Å². The van der Waals surface area contributed by atoms with E-state index in [0.717, 1.165) is 36.8 Å². The van der Waals surface area contributed by atoms with Gasteiger partial charge in [-0.15, -0.1) is 0 Å². The molecule has 0 radical (unpaired) electrons. The summed E-state index contributed by atoms with van der Waals surface area (Å²) in [5.74, 6) is 2.48. The molecule has 7 nitrogen and oxygen atoms in total. The first-order valence-corrected chi connectivity index (χ1v) is 7.26. The molecule has 1 aliphatic rings. The molecule has 3 rings (SSSR count). The summed E-state index contributed by atoms with van der Waals surface area (Å²) in [6, 6.07) is 1.97. The third-order valence-corrected chi connectivity index (χ3v) is 3.96. The highest BCUT2D eigenvalue weighted by atomic mass is 16.5. The topological polar surface area (TPSA) is 73.5 Å². The van der Waals surface area contributed by atoms with E-state index in [1.165, 1.54) is 0 Å². The molecule has 0 bridgehead atoms. The number of methoxy groups -OCH3 is 2. The third-order valence-electron chi connectivity index (χ3n) is 3.96. The fourth-order valence-corrected chi connectivity index (χ4v) is 2.93. The summed E-state index contributed by atoms with van der Waals surface area (Å²) in [6.45, 7) is 3.49. The summed E-state index contributed by atoms with van der Waals surface area (Å²) in [4.78, 5) is 10.7. The molecule has 0 amide bonds. The maximum atomic E-state index is 5.64. The normalized spacial score (nSPS) is 21.3. The maximum Gasteiger partial charge on any atom is 0.257 e. The molecule has 2 atom stereocenters. The molecule has 2 aromatic rings. The zero-order valence-corrected chi connectivity index (χ0v) is 13.0. The lowest BCUT2D eigenvalue weighted by molar-refractivity contribution is 0.0812. The van der Waals surface area contributed by atoms with Gasteiger partial charge in [-0.25, -0.2) is 9.97 Å². The highest BCUT2D eigenvalue weighted by molar-refractivity contribution is 5.49. The smallest absolute Gasteiger partial charge is 0.257 e. The molecule has 0 N–H and O–H groups in total. The van der Waals surface area contributed by atoms with E-state index >= 15 is 0 Å². The van der Waals surface area contributed by atoms with Crippen LogP contribution >= 0.6 is 0 Å². The Morgan fingerprint density at radius 1 is 1.27 bits per heavy atom. The number of ether oxygens (including phenoxy) is 2. The van der Waals surface area contributed by atoms with Crippen LogP contribution in [0.4, 0.5) is 5.82 Å². The van der Waals surface area contributed by atoms with Gasteiger partial charge in [-0.2, -0.15) is 0 Å². The van der Waals surface area contributed by atoms with E-state index in [1.54, 1.807) is 26.6 Å². The standard InChI is InChI=1S/C15H20N4O3/c1-10-6-12(22-18-10)7-11-8-19(9-13(11)20-2)14-15(21-3)17-5-4-16-14/h4-6,11,13H,7-9H2,1-3H3/t11-,13+/m1/s1. The minimum atomic E-state index is 0.108. The summed E-state index contributed by atoms with van der Waals surface area (Å²) >= 11 is 0. The Hall–Kier alpha value is -2.15. The van der Waals surface area contributed by atoms with Gasteiger partial charge >= 0.3 is 0 Å². The van der Waals surface area contributed by atoms with Crippen molar-refractivity contribution in [2.24, 2.45) is 5.92 Å². The van der Waals surface area contributed by atoms with E-state index in [-0.39, 0.29) is 6.10 Å². The van der Waals surface area contributed by atoms with Gasteiger partial charge in [0.15, 0.2) is 5.82 Å². The predicted molar refractivity (Wildman–Crippen MR) is 80.0 cm³/mol. The van der Waals surface area contributed by atoms with E-state index < -0.39 is 0 Å². The van der Waals surface area contributed by atoms with Crippen molar-refractivity contribution < 1.29 is 14.0 Å². The summed E-state index contributed by atoms with van der Waals surface area (Å²) in [5.41, 5.74) is 0.898. The van der Waals surface area contributed by atoms with Crippen molar-refractivity contribution in [2.45, 2.75) is 19.4 Å². The summed E-state index contributed by atoms with van der Waals surface area (Å²) < 4.78 is 16.3. The Morgan fingerprint density at radius 2 is 2.09 bits per heavy atom. The molecule has 1 fully saturated rings. The zero-order valence-electron chi connectivity index (χ0n) is 13.0.